The van der Waals surface area contributed by atoms with Crippen molar-refractivity contribution < 1.29 is 4.79 Å². The minimum absolute atomic E-state index is 0.285. The second kappa shape index (κ2) is 4.47. The number of hydrogen-bond acceptors (Lipinski definition) is 3. The van der Waals surface area contributed by atoms with E-state index in [2.05, 4.69) is 0 Å². The summed E-state index contributed by atoms with van der Waals surface area (Å²) in [5, 5.41) is 0. The number of rotatable bonds is 4. The van der Waals surface area contributed by atoms with E-state index in [0.29, 0.717) is 0 Å². The van der Waals surface area contributed by atoms with Gasteiger partial charge in [0.1, 0.15) is 6.29 Å². The number of carbonyl (C=O) groups is 1. The molecule has 0 saturated heterocycles. The summed E-state index contributed by atoms with van der Waals surface area (Å²) in [5.74, 6) is 0. The molecule has 0 spiro atoms. The van der Waals surface area contributed by atoms with Crippen molar-refractivity contribution in [3.63, 3.8) is 0 Å². The van der Waals surface area contributed by atoms with E-state index in [1.54, 1.807) is 0 Å². The van der Waals surface area contributed by atoms with Crippen molar-refractivity contribution >= 4 is 6.29 Å². The zero-order valence-electron chi connectivity index (χ0n) is 6.00. The molecule has 0 heterocycles. The average molecular weight is 130 g/mol. The zero-order valence-corrected chi connectivity index (χ0v) is 6.00. The summed E-state index contributed by atoms with van der Waals surface area (Å²) in [6.07, 6.45) is 1.53. The Morgan fingerprint density at radius 1 is 1.67 bits per heavy atom. The molecule has 54 valence electrons. The largest absolute Gasteiger partial charge is 0.322 e. The zero-order chi connectivity index (χ0) is 7.28. The van der Waals surface area contributed by atoms with Crippen molar-refractivity contribution in [1.29, 1.82) is 0 Å². The molecule has 9 heavy (non-hydrogen) atoms. The summed E-state index contributed by atoms with van der Waals surface area (Å²) >= 11 is 0. The highest BCUT2D eigenvalue weighted by atomic mass is 16.1. The molecule has 0 aliphatic rings. The average Bonchev–Trinajstić information content (AvgIpc) is 1.83. The maximum absolute atomic E-state index is 9.97. The molecule has 0 aliphatic heterocycles. The van der Waals surface area contributed by atoms with Crippen molar-refractivity contribution in [2.24, 2.45) is 5.73 Å². The number of hydrogen-bond donors (Lipinski definition) is 1. The quantitative estimate of drug-likeness (QED) is 0.520. The van der Waals surface area contributed by atoms with Crippen LogP contribution in [0, 0.1) is 0 Å². The van der Waals surface area contributed by atoms with Crippen LogP contribution in [-0.2, 0) is 4.79 Å². The monoisotopic (exact) mass is 130 g/mol. The highest BCUT2D eigenvalue weighted by Gasteiger charge is 1.98. The Hall–Kier alpha value is -0.410. The number of nitrogens with two attached hydrogens (primary N) is 1. The minimum Gasteiger partial charge on any atom is -0.322 e. The van der Waals surface area contributed by atoms with Gasteiger partial charge in [-0.2, -0.15) is 0 Å². The SMILES string of the molecule is CN(C)CCC(N)C=O. The number of nitrogens with zero attached hydrogens (tertiary/aromatic N) is 1. The van der Waals surface area contributed by atoms with Crippen molar-refractivity contribution in [3.05, 3.63) is 0 Å². The lowest BCUT2D eigenvalue weighted by atomic mass is 10.2. The fourth-order valence-corrected chi connectivity index (χ4v) is 0.475. The first-order valence-corrected chi connectivity index (χ1v) is 3.02. The molecule has 0 radical (unpaired) electrons. The van der Waals surface area contributed by atoms with Crippen LogP contribution in [0.25, 0.3) is 0 Å². The molecule has 0 aromatic carbocycles. The van der Waals surface area contributed by atoms with Crippen molar-refractivity contribution in [2.45, 2.75) is 12.5 Å². The van der Waals surface area contributed by atoms with E-state index < -0.39 is 0 Å². The van der Waals surface area contributed by atoms with E-state index in [-0.39, 0.29) is 6.04 Å². The molecule has 3 nitrogen and oxygen atoms in total. The molecule has 0 aromatic rings. The second-order valence-electron chi connectivity index (χ2n) is 2.39. The van der Waals surface area contributed by atoms with Crippen LogP contribution < -0.4 is 5.73 Å². The van der Waals surface area contributed by atoms with Crippen molar-refractivity contribution in [1.82, 2.24) is 4.90 Å². The van der Waals surface area contributed by atoms with Gasteiger partial charge in [-0.05, 0) is 27.1 Å². The first-order chi connectivity index (χ1) is 4.16. The van der Waals surface area contributed by atoms with E-state index in [0.717, 1.165) is 19.3 Å². The van der Waals surface area contributed by atoms with E-state index in [4.69, 9.17) is 5.73 Å². The molecule has 2 N–H and O–H groups in total. The molecule has 0 fully saturated rings. The number of aldehydes is 1. The third-order valence-corrected chi connectivity index (χ3v) is 1.08. The fraction of sp³-hybridized carbons (Fsp3) is 0.833. The first-order valence-electron chi connectivity index (χ1n) is 3.02. The van der Waals surface area contributed by atoms with Gasteiger partial charge in [-0.25, -0.2) is 0 Å². The Balaban J connectivity index is 3.16. The van der Waals surface area contributed by atoms with Gasteiger partial charge in [0, 0.05) is 0 Å². The highest BCUT2D eigenvalue weighted by molar-refractivity contribution is 5.56. The van der Waals surface area contributed by atoms with E-state index in [9.17, 15) is 4.79 Å². The molecule has 1 unspecified atom stereocenters. The summed E-state index contributed by atoms with van der Waals surface area (Å²) in [5.41, 5.74) is 5.33. The molecule has 0 amide bonds. The Morgan fingerprint density at radius 2 is 2.22 bits per heavy atom. The van der Waals surface area contributed by atoms with Gasteiger partial charge in [-0.15, -0.1) is 0 Å². The van der Waals surface area contributed by atoms with Crippen LogP contribution in [0.2, 0.25) is 0 Å². The van der Waals surface area contributed by atoms with Crippen LogP contribution in [0.1, 0.15) is 6.42 Å². The summed E-state index contributed by atoms with van der Waals surface area (Å²) in [6, 6.07) is -0.285. The molecule has 1 atom stereocenters. The second-order valence-corrected chi connectivity index (χ2v) is 2.39. The van der Waals surface area contributed by atoms with Gasteiger partial charge < -0.3 is 15.4 Å². The van der Waals surface area contributed by atoms with Crippen LogP contribution in [0.15, 0.2) is 0 Å². The lowest BCUT2D eigenvalue weighted by molar-refractivity contribution is -0.109. The van der Waals surface area contributed by atoms with Gasteiger partial charge in [0.25, 0.3) is 0 Å². The molecule has 0 rings (SSSR count). The first kappa shape index (κ1) is 8.59. The van der Waals surface area contributed by atoms with Crippen LogP contribution >= 0.6 is 0 Å². The van der Waals surface area contributed by atoms with Crippen LogP contribution in [0.4, 0.5) is 0 Å². The van der Waals surface area contributed by atoms with Gasteiger partial charge in [-0.3, -0.25) is 0 Å². The molecular formula is C6H14N2O. The Labute approximate surface area is 55.8 Å². The van der Waals surface area contributed by atoms with Crippen LogP contribution in [0.3, 0.4) is 0 Å². The Morgan fingerprint density at radius 3 is 2.56 bits per heavy atom. The summed E-state index contributed by atoms with van der Waals surface area (Å²) < 4.78 is 0. The third-order valence-electron chi connectivity index (χ3n) is 1.08. The fourth-order valence-electron chi connectivity index (χ4n) is 0.475. The molecule has 0 aliphatic carbocycles. The van der Waals surface area contributed by atoms with Crippen LogP contribution in [0.5, 0.6) is 0 Å². The maximum atomic E-state index is 9.97. The van der Waals surface area contributed by atoms with E-state index in [1.165, 1.54) is 0 Å². The Kier molecular flexibility index (Phi) is 4.26. The normalized spacial score (nSPS) is 13.8. The lowest BCUT2D eigenvalue weighted by Gasteiger charge is -2.09. The maximum Gasteiger partial charge on any atom is 0.136 e. The molecule has 0 aromatic heterocycles. The summed E-state index contributed by atoms with van der Waals surface area (Å²) in [4.78, 5) is 12.0. The predicted octanol–water partition coefficient (Wildman–Crippen LogP) is -0.536. The van der Waals surface area contributed by atoms with Gasteiger partial charge in [0.15, 0.2) is 0 Å². The smallest absolute Gasteiger partial charge is 0.136 e. The lowest BCUT2D eigenvalue weighted by Crippen LogP contribution is -2.27. The summed E-state index contributed by atoms with van der Waals surface area (Å²) in [7, 11) is 3.91. The van der Waals surface area contributed by atoms with Crippen LogP contribution in [-0.4, -0.2) is 37.9 Å². The summed E-state index contributed by atoms with van der Waals surface area (Å²) in [6.45, 7) is 0.875. The van der Waals surface area contributed by atoms with E-state index in [1.807, 2.05) is 19.0 Å². The van der Waals surface area contributed by atoms with Crippen molar-refractivity contribution in [2.75, 3.05) is 20.6 Å². The molecule has 0 bridgehead atoms. The topological polar surface area (TPSA) is 46.3 Å². The van der Waals surface area contributed by atoms with Gasteiger partial charge in [-0.1, -0.05) is 0 Å². The Bertz CT molecular complexity index is 83.1. The number of carbonyl (C=O) groups excluding carboxylic acids is 1. The van der Waals surface area contributed by atoms with Gasteiger partial charge >= 0.3 is 0 Å². The standard InChI is InChI=1S/C6H14N2O/c1-8(2)4-3-6(7)5-9/h5-6H,3-4,7H2,1-2H3. The van der Waals surface area contributed by atoms with Gasteiger partial charge in [0.05, 0.1) is 6.04 Å². The molecular weight excluding hydrogens is 116 g/mol. The minimum atomic E-state index is -0.285. The van der Waals surface area contributed by atoms with E-state index >= 15 is 0 Å². The van der Waals surface area contributed by atoms with Gasteiger partial charge in [0.2, 0.25) is 0 Å². The highest BCUT2D eigenvalue weighted by Crippen LogP contribution is 1.84. The predicted molar refractivity (Wildman–Crippen MR) is 37.2 cm³/mol. The third kappa shape index (κ3) is 5.46. The molecule has 3 heteroatoms. The molecule has 0 saturated carbocycles. The van der Waals surface area contributed by atoms with Crippen molar-refractivity contribution in [3.8, 4) is 0 Å².